The van der Waals surface area contributed by atoms with E-state index in [2.05, 4.69) is 4.98 Å². The van der Waals surface area contributed by atoms with Crippen molar-refractivity contribution < 1.29 is 28.6 Å². The average molecular weight is 274 g/mol. The Bertz CT molecular complexity index is 664. The van der Waals surface area contributed by atoms with Crippen LogP contribution in [-0.2, 0) is 4.57 Å². The molecule has 0 aliphatic carbocycles. The quantitative estimate of drug-likeness (QED) is 0.724. The number of pyridine rings is 1. The highest BCUT2D eigenvalue weighted by atomic mass is 31.2. The normalized spacial score (nSPS) is 13.7. The van der Waals surface area contributed by atoms with Crippen LogP contribution in [0.15, 0.2) is 24.4 Å². The molecule has 2 rings (SSSR count). The predicted molar refractivity (Wildman–Crippen MR) is 58.0 cm³/mol. The summed E-state index contributed by atoms with van der Waals surface area (Å²) in [5.41, 5.74) is -0.714. The molecule has 0 bridgehead atoms. The summed E-state index contributed by atoms with van der Waals surface area (Å²) in [5, 5.41) is 8.90. The molecule has 0 aromatic carbocycles. The monoisotopic (exact) mass is 274 g/mol. The molecule has 2 heterocycles. The highest BCUT2D eigenvalue weighted by Gasteiger charge is 2.33. The van der Waals surface area contributed by atoms with Crippen LogP contribution in [0.4, 0.5) is 4.39 Å². The molecule has 96 valence electrons. The minimum atomic E-state index is -5.02. The fraction of sp³-hybridized carbons (Fsp3) is 0.111. The zero-order valence-corrected chi connectivity index (χ0v) is 9.66. The molecule has 0 radical (unpaired) electrons. The Morgan fingerprint density at radius 1 is 1.44 bits per heavy atom. The first-order valence-corrected chi connectivity index (χ1v) is 6.39. The fourth-order valence-corrected chi connectivity index (χ4v) is 2.12. The van der Waals surface area contributed by atoms with Crippen molar-refractivity contribution in [2.45, 2.75) is 5.91 Å². The molecule has 3 N–H and O–H groups in total. The second-order valence-corrected chi connectivity index (χ2v) is 5.15. The summed E-state index contributed by atoms with van der Waals surface area (Å²) < 4.78 is 25.5. The lowest BCUT2D eigenvalue weighted by Crippen LogP contribution is -2.08. The van der Waals surface area contributed by atoms with Crippen LogP contribution in [0, 0.1) is 0 Å². The lowest BCUT2D eigenvalue weighted by atomic mass is 10.3. The van der Waals surface area contributed by atoms with E-state index >= 15 is 0 Å². The third-order valence-corrected chi connectivity index (χ3v) is 3.17. The zero-order valence-electron chi connectivity index (χ0n) is 8.76. The van der Waals surface area contributed by atoms with E-state index in [1.807, 2.05) is 0 Å². The van der Waals surface area contributed by atoms with Gasteiger partial charge in [0.15, 0.2) is 5.69 Å². The van der Waals surface area contributed by atoms with Crippen molar-refractivity contribution in [1.29, 1.82) is 0 Å². The molecule has 7 nitrogen and oxygen atoms in total. The maximum atomic E-state index is 13.7. The smallest absolute Gasteiger partial charge is 0.365 e. The van der Waals surface area contributed by atoms with E-state index in [1.54, 1.807) is 0 Å². The summed E-state index contributed by atoms with van der Waals surface area (Å²) in [4.78, 5) is 32.3. The molecular formula is C9H8FN2O5P. The highest BCUT2D eigenvalue weighted by Crippen LogP contribution is 2.52. The van der Waals surface area contributed by atoms with E-state index in [9.17, 15) is 13.8 Å². The van der Waals surface area contributed by atoms with Gasteiger partial charge in [-0.1, -0.05) is 6.07 Å². The summed E-state index contributed by atoms with van der Waals surface area (Å²) in [7, 11) is -5.02. The Morgan fingerprint density at radius 3 is 2.67 bits per heavy atom. The third kappa shape index (κ3) is 2.01. The number of carboxylic acids is 1. The number of alkyl halides is 1. The van der Waals surface area contributed by atoms with Gasteiger partial charge in [-0.15, -0.1) is 0 Å². The number of carboxylic acid groups (broad SMARTS) is 1. The number of carbonyl (C=O) groups is 1. The summed E-state index contributed by atoms with van der Waals surface area (Å²) in [6.45, 7) is 0. The number of rotatable bonds is 3. The summed E-state index contributed by atoms with van der Waals surface area (Å²) in [6.07, 6.45) is 0.994. The molecule has 2 aromatic heterocycles. The van der Waals surface area contributed by atoms with Gasteiger partial charge in [-0.25, -0.2) is 14.2 Å². The Hall–Kier alpha value is -1.76. The van der Waals surface area contributed by atoms with Gasteiger partial charge in [0.2, 0.25) is 5.91 Å². The lowest BCUT2D eigenvalue weighted by Gasteiger charge is -2.13. The molecule has 0 aliphatic rings. The number of imidazole rings is 1. The van der Waals surface area contributed by atoms with Gasteiger partial charge < -0.3 is 14.9 Å². The number of fused-ring (bicyclic) bond motifs is 1. The van der Waals surface area contributed by atoms with E-state index < -0.39 is 25.2 Å². The summed E-state index contributed by atoms with van der Waals surface area (Å²) >= 11 is 0. The van der Waals surface area contributed by atoms with Crippen molar-refractivity contribution in [3.8, 4) is 0 Å². The van der Waals surface area contributed by atoms with E-state index in [4.69, 9.17) is 14.9 Å². The van der Waals surface area contributed by atoms with Crippen LogP contribution in [-0.4, -0.2) is 30.2 Å². The van der Waals surface area contributed by atoms with Gasteiger partial charge in [-0.3, -0.25) is 8.97 Å². The summed E-state index contributed by atoms with van der Waals surface area (Å²) in [5.74, 6) is -3.97. The van der Waals surface area contributed by atoms with Gasteiger partial charge in [0, 0.05) is 0 Å². The molecule has 18 heavy (non-hydrogen) atoms. The second-order valence-electron chi connectivity index (χ2n) is 3.52. The van der Waals surface area contributed by atoms with E-state index in [-0.39, 0.29) is 11.3 Å². The number of aromatic nitrogens is 2. The van der Waals surface area contributed by atoms with Gasteiger partial charge in [0.05, 0.1) is 11.9 Å². The van der Waals surface area contributed by atoms with Gasteiger partial charge in [-0.2, -0.15) is 0 Å². The summed E-state index contributed by atoms with van der Waals surface area (Å²) in [6, 6.07) is 3.85. The SMILES string of the molecule is O=C(O)c1cnc2cccc(C(F)P(=O)(O)O)n12. The number of halogens is 1. The van der Waals surface area contributed by atoms with Crippen molar-refractivity contribution in [3.63, 3.8) is 0 Å². The van der Waals surface area contributed by atoms with Gasteiger partial charge in [-0.05, 0) is 12.1 Å². The number of aromatic carboxylic acids is 1. The van der Waals surface area contributed by atoms with E-state index in [0.717, 1.165) is 16.7 Å². The average Bonchev–Trinajstić information content (AvgIpc) is 2.70. The highest BCUT2D eigenvalue weighted by molar-refractivity contribution is 7.51. The molecule has 0 aliphatic heterocycles. The van der Waals surface area contributed by atoms with Crippen molar-refractivity contribution in [1.82, 2.24) is 9.38 Å². The van der Waals surface area contributed by atoms with Crippen LogP contribution >= 0.6 is 7.60 Å². The van der Waals surface area contributed by atoms with Crippen molar-refractivity contribution in [2.24, 2.45) is 0 Å². The first-order chi connectivity index (χ1) is 8.32. The van der Waals surface area contributed by atoms with Gasteiger partial charge >= 0.3 is 13.6 Å². The maximum absolute atomic E-state index is 13.7. The maximum Gasteiger partial charge on any atom is 0.365 e. The number of hydrogen-bond acceptors (Lipinski definition) is 3. The number of hydrogen-bond donors (Lipinski definition) is 3. The van der Waals surface area contributed by atoms with E-state index in [0.29, 0.717) is 0 Å². The molecule has 1 atom stereocenters. The fourth-order valence-electron chi connectivity index (χ4n) is 1.57. The first-order valence-electron chi connectivity index (χ1n) is 4.71. The van der Waals surface area contributed by atoms with Crippen LogP contribution in [0.2, 0.25) is 0 Å². The Labute approximate surface area is 99.7 Å². The number of nitrogens with zero attached hydrogens (tertiary/aromatic N) is 2. The van der Waals surface area contributed by atoms with Crippen LogP contribution in [0.5, 0.6) is 0 Å². The van der Waals surface area contributed by atoms with Crippen molar-refractivity contribution >= 4 is 19.2 Å². The molecule has 0 spiro atoms. The molecule has 2 aromatic rings. The largest absolute Gasteiger partial charge is 0.477 e. The predicted octanol–water partition coefficient (Wildman–Crippen LogP) is 1.18. The molecular weight excluding hydrogens is 266 g/mol. The van der Waals surface area contributed by atoms with Crippen LogP contribution in [0.1, 0.15) is 22.1 Å². The van der Waals surface area contributed by atoms with Gasteiger partial charge in [0.25, 0.3) is 0 Å². The Kier molecular flexibility index (Phi) is 2.94. The molecule has 0 amide bonds. The third-order valence-electron chi connectivity index (χ3n) is 2.32. The molecule has 0 saturated carbocycles. The van der Waals surface area contributed by atoms with Gasteiger partial charge in [0.1, 0.15) is 5.65 Å². The first kappa shape index (κ1) is 12.7. The topological polar surface area (TPSA) is 112 Å². The molecule has 0 fully saturated rings. The molecule has 1 unspecified atom stereocenters. The lowest BCUT2D eigenvalue weighted by molar-refractivity contribution is 0.0688. The van der Waals surface area contributed by atoms with E-state index in [1.165, 1.54) is 12.1 Å². The van der Waals surface area contributed by atoms with Crippen LogP contribution in [0.3, 0.4) is 0 Å². The van der Waals surface area contributed by atoms with Crippen molar-refractivity contribution in [3.05, 3.63) is 35.8 Å². The van der Waals surface area contributed by atoms with Crippen molar-refractivity contribution in [2.75, 3.05) is 0 Å². The molecule has 0 saturated heterocycles. The standard InChI is InChI=1S/C9H8FN2O5P/c10-8(18(15,16)17)5-2-1-3-7-11-4-6(9(13)14)12(5)7/h1-4,8H,(H,13,14)(H2,15,16,17). The second kappa shape index (κ2) is 4.16. The molecule has 9 heteroatoms. The van der Waals surface area contributed by atoms with Crippen LogP contribution in [0.25, 0.3) is 5.65 Å². The minimum Gasteiger partial charge on any atom is -0.477 e. The Balaban J connectivity index is 2.75. The van der Waals surface area contributed by atoms with Crippen LogP contribution < -0.4 is 0 Å². The Morgan fingerprint density at radius 2 is 2.11 bits per heavy atom. The zero-order chi connectivity index (χ0) is 13.5. The minimum absolute atomic E-state index is 0.0981.